The summed E-state index contributed by atoms with van der Waals surface area (Å²) >= 11 is 4.39. The summed E-state index contributed by atoms with van der Waals surface area (Å²) in [6.45, 7) is 0. The summed E-state index contributed by atoms with van der Waals surface area (Å²) < 4.78 is 15.8. The number of halogens is 3. The Bertz CT molecular complexity index is 1060. The number of rotatable bonds is 2. The Balaban J connectivity index is 2.13. The van der Waals surface area contributed by atoms with Crippen LogP contribution in [0.15, 0.2) is 72.8 Å². The smallest absolute Gasteiger partial charge is 0.138 e. The highest BCUT2D eigenvalue weighted by molar-refractivity contribution is 14.1. The molecule has 1 aromatic heterocycles. The van der Waals surface area contributed by atoms with Crippen molar-refractivity contribution in [1.29, 1.82) is 0 Å². The van der Waals surface area contributed by atoms with E-state index in [4.69, 9.17) is 4.98 Å². The third kappa shape index (κ3) is 3.17. The van der Waals surface area contributed by atoms with Crippen molar-refractivity contribution in [2.45, 2.75) is 0 Å². The van der Waals surface area contributed by atoms with E-state index >= 15 is 0 Å². The minimum atomic E-state index is -0.236. The molecule has 25 heavy (non-hydrogen) atoms. The van der Waals surface area contributed by atoms with Crippen LogP contribution in [0.25, 0.3) is 33.3 Å². The number of nitrogens with zero attached hydrogens (tertiary/aromatic N) is 1. The van der Waals surface area contributed by atoms with Gasteiger partial charge in [-0.1, -0.05) is 60.7 Å². The van der Waals surface area contributed by atoms with Crippen LogP contribution in [0, 0.1) is 13.0 Å². The Hall–Kier alpha value is -1.54. The molecule has 0 unspecified atom stereocenters. The van der Waals surface area contributed by atoms with Crippen molar-refractivity contribution >= 4 is 56.1 Å². The van der Waals surface area contributed by atoms with E-state index in [1.165, 1.54) is 6.07 Å². The van der Waals surface area contributed by atoms with E-state index in [2.05, 4.69) is 34.7 Å². The Morgan fingerprint density at radius 3 is 2.00 bits per heavy atom. The van der Waals surface area contributed by atoms with E-state index in [0.717, 1.165) is 31.3 Å². The summed E-state index contributed by atoms with van der Waals surface area (Å²) in [5.41, 5.74) is 4.80. The fourth-order valence-electron chi connectivity index (χ4n) is 2.91. The lowest BCUT2D eigenvalue weighted by atomic mass is 9.98. The van der Waals surface area contributed by atoms with Crippen LogP contribution >= 0.6 is 45.2 Å². The molecule has 0 spiro atoms. The van der Waals surface area contributed by atoms with Crippen molar-refractivity contribution in [3.63, 3.8) is 0 Å². The van der Waals surface area contributed by atoms with Crippen LogP contribution in [0.3, 0.4) is 0 Å². The fourth-order valence-corrected chi connectivity index (χ4v) is 4.41. The molecule has 0 aliphatic heterocycles. The van der Waals surface area contributed by atoms with Crippen molar-refractivity contribution in [3.05, 3.63) is 85.8 Å². The summed E-state index contributed by atoms with van der Waals surface area (Å²) in [7, 11) is 0. The lowest BCUT2D eigenvalue weighted by Crippen LogP contribution is -1.97. The second kappa shape index (κ2) is 6.99. The number of hydrogen-bond donors (Lipinski definition) is 0. The number of hydrogen-bond acceptors (Lipinski definition) is 1. The van der Waals surface area contributed by atoms with Gasteiger partial charge in [-0.05, 0) is 56.8 Å². The first-order valence-electron chi connectivity index (χ1n) is 7.74. The van der Waals surface area contributed by atoms with Gasteiger partial charge in [-0.15, -0.1) is 0 Å². The summed E-state index contributed by atoms with van der Waals surface area (Å²) in [4.78, 5) is 4.78. The second-order valence-corrected chi connectivity index (χ2v) is 7.91. The van der Waals surface area contributed by atoms with Gasteiger partial charge in [0, 0.05) is 29.7 Å². The molecule has 122 valence electrons. The first-order valence-corrected chi connectivity index (χ1v) is 9.90. The molecule has 0 radical (unpaired) electrons. The maximum atomic E-state index is 14.2. The van der Waals surface area contributed by atoms with E-state index in [-0.39, 0.29) is 5.82 Å². The molecule has 4 heteroatoms. The average molecular weight is 551 g/mol. The van der Waals surface area contributed by atoms with Crippen LogP contribution in [0.2, 0.25) is 0 Å². The molecule has 0 bridgehead atoms. The molecule has 0 N–H and O–H groups in total. The van der Waals surface area contributed by atoms with Gasteiger partial charge in [0.05, 0.1) is 11.2 Å². The van der Waals surface area contributed by atoms with Gasteiger partial charge in [-0.25, -0.2) is 9.37 Å². The predicted octanol–water partition coefficient (Wildman–Crippen LogP) is 6.92. The van der Waals surface area contributed by atoms with Gasteiger partial charge >= 0.3 is 0 Å². The van der Waals surface area contributed by atoms with Crippen LogP contribution in [-0.2, 0) is 0 Å². The van der Waals surface area contributed by atoms with Gasteiger partial charge in [0.15, 0.2) is 0 Å². The van der Waals surface area contributed by atoms with E-state index in [9.17, 15) is 4.39 Å². The SMILES string of the molecule is Fc1cc2nc(-c3ccccc3)c(I)c(-c3ccccc3)c2cc1I. The highest BCUT2D eigenvalue weighted by atomic mass is 127. The maximum absolute atomic E-state index is 14.2. The summed E-state index contributed by atoms with van der Waals surface area (Å²) in [5, 5.41) is 0.973. The Kier molecular flexibility index (Phi) is 4.73. The lowest BCUT2D eigenvalue weighted by molar-refractivity contribution is 0.622. The second-order valence-electron chi connectivity index (χ2n) is 5.66. The molecule has 0 fully saturated rings. The Morgan fingerprint density at radius 1 is 0.760 bits per heavy atom. The first kappa shape index (κ1) is 16.9. The maximum Gasteiger partial charge on any atom is 0.138 e. The van der Waals surface area contributed by atoms with E-state index in [1.54, 1.807) is 0 Å². The van der Waals surface area contributed by atoms with Crippen LogP contribution in [0.5, 0.6) is 0 Å². The highest BCUT2D eigenvalue weighted by Crippen LogP contribution is 2.38. The number of aromatic nitrogens is 1. The molecule has 0 saturated carbocycles. The Labute approximate surface area is 172 Å². The molecule has 0 atom stereocenters. The molecule has 1 heterocycles. The summed E-state index contributed by atoms with van der Waals surface area (Å²) in [6.07, 6.45) is 0. The monoisotopic (exact) mass is 551 g/mol. The van der Waals surface area contributed by atoms with Crippen molar-refractivity contribution in [1.82, 2.24) is 4.98 Å². The molecule has 0 aliphatic rings. The number of pyridine rings is 1. The molecular formula is C21H12FI2N. The molecule has 4 rings (SSSR count). The van der Waals surface area contributed by atoms with E-state index < -0.39 is 0 Å². The predicted molar refractivity (Wildman–Crippen MR) is 118 cm³/mol. The zero-order valence-corrected chi connectivity index (χ0v) is 17.3. The zero-order chi connectivity index (χ0) is 17.4. The van der Waals surface area contributed by atoms with Crippen molar-refractivity contribution in [2.75, 3.05) is 0 Å². The molecule has 0 amide bonds. The van der Waals surface area contributed by atoms with Gasteiger partial charge < -0.3 is 0 Å². The molecule has 0 aliphatic carbocycles. The highest BCUT2D eigenvalue weighted by Gasteiger charge is 2.17. The van der Waals surface area contributed by atoms with Crippen LogP contribution in [-0.4, -0.2) is 4.98 Å². The normalized spacial score (nSPS) is 11.0. The van der Waals surface area contributed by atoms with Gasteiger partial charge in [0.1, 0.15) is 5.82 Å². The van der Waals surface area contributed by atoms with Crippen LogP contribution in [0.4, 0.5) is 4.39 Å². The quantitative estimate of drug-likeness (QED) is 0.247. The summed E-state index contributed by atoms with van der Waals surface area (Å²) in [6, 6.07) is 23.7. The molecule has 1 nitrogen and oxygen atoms in total. The molecule has 0 saturated heterocycles. The van der Waals surface area contributed by atoms with Gasteiger partial charge in [-0.3, -0.25) is 0 Å². The largest absolute Gasteiger partial charge is 0.247 e. The topological polar surface area (TPSA) is 12.9 Å². The fraction of sp³-hybridized carbons (Fsp3) is 0. The minimum absolute atomic E-state index is 0.236. The summed E-state index contributed by atoms with van der Waals surface area (Å²) in [5.74, 6) is -0.236. The lowest BCUT2D eigenvalue weighted by Gasteiger charge is -2.14. The van der Waals surface area contributed by atoms with Crippen LogP contribution < -0.4 is 0 Å². The molecule has 4 aromatic rings. The van der Waals surface area contributed by atoms with Crippen LogP contribution in [0.1, 0.15) is 0 Å². The third-order valence-electron chi connectivity index (χ3n) is 4.08. The Morgan fingerprint density at radius 2 is 1.36 bits per heavy atom. The van der Waals surface area contributed by atoms with Crippen molar-refractivity contribution < 1.29 is 4.39 Å². The number of benzene rings is 3. The van der Waals surface area contributed by atoms with Crippen molar-refractivity contribution in [2.24, 2.45) is 0 Å². The zero-order valence-electron chi connectivity index (χ0n) is 13.0. The minimum Gasteiger partial charge on any atom is -0.247 e. The average Bonchev–Trinajstić information content (AvgIpc) is 2.64. The van der Waals surface area contributed by atoms with E-state index in [0.29, 0.717) is 9.09 Å². The van der Waals surface area contributed by atoms with E-state index in [1.807, 2.05) is 77.2 Å². The standard InChI is InChI=1S/C21H12FI2N/c22-16-12-18-15(11-17(16)23)19(13-7-3-1-4-8-13)20(24)21(25-18)14-9-5-2-6-10-14/h1-12H. The molecular weight excluding hydrogens is 539 g/mol. The van der Waals surface area contributed by atoms with Gasteiger partial charge in [0.25, 0.3) is 0 Å². The van der Waals surface area contributed by atoms with Gasteiger partial charge in [0.2, 0.25) is 0 Å². The third-order valence-corrected chi connectivity index (χ3v) is 5.95. The first-order chi connectivity index (χ1) is 12.1. The van der Waals surface area contributed by atoms with Crippen molar-refractivity contribution in [3.8, 4) is 22.4 Å². The van der Waals surface area contributed by atoms with Gasteiger partial charge in [-0.2, -0.15) is 0 Å². The molecule has 3 aromatic carbocycles. The number of fused-ring (bicyclic) bond motifs is 1.